The van der Waals surface area contributed by atoms with Gasteiger partial charge >= 0.3 is 0 Å². The molecule has 2 N–H and O–H groups in total. The van der Waals surface area contributed by atoms with E-state index in [1.165, 1.54) is 0 Å². The number of ether oxygens (including phenoxy) is 1. The maximum Gasteiger partial charge on any atom is 0.258 e. The largest absolute Gasteiger partial charge is 0.484 e. The monoisotopic (exact) mass is 375 g/mol. The van der Waals surface area contributed by atoms with Crippen LogP contribution in [0.15, 0.2) is 73.1 Å². The molecule has 0 radical (unpaired) electrons. The number of carbonyl (C=O) groups excluding carboxylic acids is 2. The quantitative estimate of drug-likeness (QED) is 0.664. The molecule has 0 aliphatic carbocycles. The maximum atomic E-state index is 12.2. The van der Waals surface area contributed by atoms with Crippen molar-refractivity contribution in [2.24, 2.45) is 0 Å². The Hall–Kier alpha value is -3.67. The summed E-state index contributed by atoms with van der Waals surface area (Å²) < 4.78 is 5.49. The number of hydrogen-bond donors (Lipinski definition) is 2. The molecule has 1 aromatic heterocycles. The molecule has 0 aliphatic rings. The Morgan fingerprint density at radius 2 is 1.79 bits per heavy atom. The lowest BCUT2D eigenvalue weighted by Crippen LogP contribution is -2.28. The van der Waals surface area contributed by atoms with E-state index in [1.807, 2.05) is 49.4 Å². The number of nitrogens with zero attached hydrogens (tertiary/aromatic N) is 1. The van der Waals surface area contributed by atoms with Crippen molar-refractivity contribution >= 4 is 17.5 Å². The third kappa shape index (κ3) is 5.67. The summed E-state index contributed by atoms with van der Waals surface area (Å²) in [6, 6.07) is 18.2. The van der Waals surface area contributed by atoms with Gasteiger partial charge in [0, 0.05) is 30.2 Å². The van der Waals surface area contributed by atoms with E-state index in [-0.39, 0.29) is 18.4 Å². The van der Waals surface area contributed by atoms with Crippen LogP contribution in [0.4, 0.5) is 5.69 Å². The van der Waals surface area contributed by atoms with Gasteiger partial charge in [-0.2, -0.15) is 0 Å². The first-order valence-corrected chi connectivity index (χ1v) is 8.86. The van der Waals surface area contributed by atoms with Gasteiger partial charge in [-0.25, -0.2) is 0 Å². The topological polar surface area (TPSA) is 80.3 Å². The van der Waals surface area contributed by atoms with E-state index in [0.29, 0.717) is 23.5 Å². The van der Waals surface area contributed by atoms with Gasteiger partial charge in [0.1, 0.15) is 5.75 Å². The predicted octanol–water partition coefficient (Wildman–Crippen LogP) is 3.34. The van der Waals surface area contributed by atoms with Gasteiger partial charge in [0.25, 0.3) is 11.8 Å². The lowest BCUT2D eigenvalue weighted by Gasteiger charge is -2.10. The standard InChI is InChI=1S/C22H21N3O3/c1-16-4-2-7-20(12-16)28-15-21(26)24-14-17-5-3-6-19(13-17)25-22(27)18-8-10-23-11-9-18/h2-13H,14-15H2,1H3,(H,24,26)(H,25,27). The van der Waals surface area contributed by atoms with E-state index < -0.39 is 0 Å². The number of aryl methyl sites for hydroxylation is 1. The highest BCUT2D eigenvalue weighted by atomic mass is 16.5. The van der Waals surface area contributed by atoms with Crippen LogP contribution >= 0.6 is 0 Å². The number of amides is 2. The molecule has 0 aliphatic heterocycles. The fraction of sp³-hybridized carbons (Fsp3) is 0.136. The number of carbonyl (C=O) groups is 2. The van der Waals surface area contributed by atoms with Gasteiger partial charge in [0.05, 0.1) is 0 Å². The van der Waals surface area contributed by atoms with Crippen molar-refractivity contribution in [1.82, 2.24) is 10.3 Å². The summed E-state index contributed by atoms with van der Waals surface area (Å²) in [4.78, 5) is 28.1. The van der Waals surface area contributed by atoms with E-state index in [4.69, 9.17) is 4.74 Å². The van der Waals surface area contributed by atoms with Crippen LogP contribution in [0.25, 0.3) is 0 Å². The van der Waals surface area contributed by atoms with Crippen LogP contribution in [0.2, 0.25) is 0 Å². The van der Waals surface area contributed by atoms with Gasteiger partial charge in [-0.3, -0.25) is 14.6 Å². The summed E-state index contributed by atoms with van der Waals surface area (Å²) in [5.74, 6) is 0.235. The number of aromatic nitrogens is 1. The van der Waals surface area contributed by atoms with Crippen molar-refractivity contribution in [2.75, 3.05) is 11.9 Å². The Labute approximate surface area is 163 Å². The second-order valence-electron chi connectivity index (χ2n) is 6.27. The number of benzene rings is 2. The highest BCUT2D eigenvalue weighted by Crippen LogP contribution is 2.13. The summed E-state index contributed by atoms with van der Waals surface area (Å²) in [5.41, 5.74) is 3.13. The van der Waals surface area contributed by atoms with Crippen LogP contribution in [0, 0.1) is 6.92 Å². The third-order valence-corrected chi connectivity index (χ3v) is 3.98. The molecule has 0 fully saturated rings. The predicted molar refractivity (Wildman–Crippen MR) is 107 cm³/mol. The van der Waals surface area contributed by atoms with E-state index >= 15 is 0 Å². The summed E-state index contributed by atoms with van der Waals surface area (Å²) in [6.07, 6.45) is 3.14. The van der Waals surface area contributed by atoms with Crippen molar-refractivity contribution in [3.05, 3.63) is 89.7 Å². The van der Waals surface area contributed by atoms with E-state index in [2.05, 4.69) is 15.6 Å². The fourth-order valence-corrected chi connectivity index (χ4v) is 2.57. The number of anilines is 1. The van der Waals surface area contributed by atoms with Gasteiger partial charge in [-0.05, 0) is 54.4 Å². The first kappa shape index (κ1) is 19.1. The van der Waals surface area contributed by atoms with Gasteiger partial charge in [-0.15, -0.1) is 0 Å². The Balaban J connectivity index is 1.50. The summed E-state index contributed by atoms with van der Waals surface area (Å²) in [6.45, 7) is 2.25. The second kappa shape index (κ2) is 9.32. The van der Waals surface area contributed by atoms with E-state index in [9.17, 15) is 9.59 Å². The zero-order valence-corrected chi connectivity index (χ0v) is 15.5. The van der Waals surface area contributed by atoms with Crippen molar-refractivity contribution in [1.29, 1.82) is 0 Å². The van der Waals surface area contributed by atoms with Crippen LogP contribution in [-0.2, 0) is 11.3 Å². The minimum atomic E-state index is -0.215. The second-order valence-corrected chi connectivity index (χ2v) is 6.27. The Morgan fingerprint density at radius 1 is 1.00 bits per heavy atom. The fourth-order valence-electron chi connectivity index (χ4n) is 2.57. The molecule has 3 aromatic rings. The smallest absolute Gasteiger partial charge is 0.258 e. The van der Waals surface area contributed by atoms with Crippen molar-refractivity contribution in [3.8, 4) is 5.75 Å². The van der Waals surface area contributed by atoms with Crippen LogP contribution in [0.1, 0.15) is 21.5 Å². The summed E-state index contributed by atoms with van der Waals surface area (Å²) in [7, 11) is 0. The van der Waals surface area contributed by atoms with E-state index in [0.717, 1.165) is 11.1 Å². The lowest BCUT2D eigenvalue weighted by atomic mass is 10.2. The first-order chi connectivity index (χ1) is 13.6. The van der Waals surface area contributed by atoms with Gasteiger partial charge < -0.3 is 15.4 Å². The van der Waals surface area contributed by atoms with Crippen molar-refractivity contribution in [2.45, 2.75) is 13.5 Å². The van der Waals surface area contributed by atoms with Gasteiger partial charge in [0.2, 0.25) is 0 Å². The first-order valence-electron chi connectivity index (χ1n) is 8.86. The number of nitrogens with one attached hydrogen (secondary N) is 2. The molecule has 0 bridgehead atoms. The lowest BCUT2D eigenvalue weighted by molar-refractivity contribution is -0.123. The molecule has 6 nitrogen and oxygen atoms in total. The number of rotatable bonds is 7. The van der Waals surface area contributed by atoms with Crippen molar-refractivity contribution in [3.63, 3.8) is 0 Å². The normalized spacial score (nSPS) is 10.2. The maximum absolute atomic E-state index is 12.2. The molecule has 0 saturated carbocycles. The zero-order valence-electron chi connectivity index (χ0n) is 15.5. The van der Waals surface area contributed by atoms with Gasteiger partial charge in [-0.1, -0.05) is 24.3 Å². The molecule has 1 heterocycles. The molecule has 6 heteroatoms. The molecule has 0 unspecified atom stereocenters. The highest BCUT2D eigenvalue weighted by Gasteiger charge is 2.07. The van der Waals surface area contributed by atoms with Crippen LogP contribution in [0.5, 0.6) is 5.75 Å². The molecular weight excluding hydrogens is 354 g/mol. The molecular formula is C22H21N3O3. The van der Waals surface area contributed by atoms with E-state index in [1.54, 1.807) is 30.6 Å². The van der Waals surface area contributed by atoms with Crippen LogP contribution in [0.3, 0.4) is 0 Å². The molecule has 3 rings (SSSR count). The molecule has 2 aromatic carbocycles. The molecule has 0 spiro atoms. The highest BCUT2D eigenvalue weighted by molar-refractivity contribution is 6.04. The summed E-state index contributed by atoms with van der Waals surface area (Å²) >= 11 is 0. The van der Waals surface area contributed by atoms with Crippen LogP contribution < -0.4 is 15.4 Å². The average molecular weight is 375 g/mol. The van der Waals surface area contributed by atoms with Gasteiger partial charge in [0.15, 0.2) is 6.61 Å². The third-order valence-electron chi connectivity index (χ3n) is 3.98. The Bertz CT molecular complexity index is 958. The van der Waals surface area contributed by atoms with Crippen LogP contribution in [-0.4, -0.2) is 23.4 Å². The zero-order chi connectivity index (χ0) is 19.8. The summed E-state index contributed by atoms with van der Waals surface area (Å²) in [5, 5.41) is 5.65. The Kier molecular flexibility index (Phi) is 6.36. The molecule has 2 amide bonds. The Morgan fingerprint density at radius 3 is 2.57 bits per heavy atom. The molecule has 0 atom stereocenters. The minimum absolute atomic E-state index is 0.0536. The SMILES string of the molecule is Cc1cccc(OCC(=O)NCc2cccc(NC(=O)c3ccncc3)c2)c1. The number of hydrogen-bond acceptors (Lipinski definition) is 4. The molecule has 28 heavy (non-hydrogen) atoms. The minimum Gasteiger partial charge on any atom is -0.484 e. The molecule has 0 saturated heterocycles. The number of pyridine rings is 1. The average Bonchev–Trinajstić information content (AvgIpc) is 2.72. The van der Waals surface area contributed by atoms with Crippen molar-refractivity contribution < 1.29 is 14.3 Å². The molecule has 142 valence electrons.